The molecule has 1 aliphatic rings. The summed E-state index contributed by atoms with van der Waals surface area (Å²) in [6.07, 6.45) is 4.46. The number of aryl methyl sites for hydroxylation is 2. The van der Waals surface area contributed by atoms with Crippen LogP contribution in [-0.4, -0.2) is 29.9 Å². The molecule has 0 aromatic heterocycles. The lowest BCUT2D eigenvalue weighted by Gasteiger charge is -2.34. The van der Waals surface area contributed by atoms with Crippen LogP contribution in [0.25, 0.3) is 0 Å². The molecule has 1 saturated heterocycles. The number of benzene rings is 1. The molecule has 0 saturated carbocycles. The number of piperidine rings is 1. The van der Waals surface area contributed by atoms with Crippen molar-refractivity contribution >= 4 is 25.1 Å². The fourth-order valence-electron chi connectivity index (χ4n) is 3.06. The summed E-state index contributed by atoms with van der Waals surface area (Å²) in [5.41, 5.74) is 3.26. The zero-order valence-electron chi connectivity index (χ0n) is 13.4. The number of nitrogens with one attached hydrogen (secondary N) is 1. The number of likely N-dealkylation sites (tertiary alicyclic amines) is 1. The van der Waals surface area contributed by atoms with Gasteiger partial charge >= 0.3 is 0 Å². The Bertz CT molecular complexity index is 454. The van der Waals surface area contributed by atoms with E-state index in [9.17, 15) is 4.79 Å². The maximum atomic E-state index is 12.6. The van der Waals surface area contributed by atoms with E-state index in [0.717, 1.165) is 49.2 Å². The number of para-hydroxylation sites is 1. The molecule has 0 spiro atoms. The minimum absolute atomic E-state index is 0. The number of rotatable bonds is 4. The topological polar surface area (TPSA) is 32.3 Å². The number of nitrogens with zero attached hydrogens (tertiary/aromatic N) is 1. The molecule has 1 heterocycles. The Balaban J connectivity index is 0.00000220. The minimum atomic E-state index is 0. The van der Waals surface area contributed by atoms with Crippen LogP contribution < -0.4 is 5.32 Å². The molecular formula is C17H28N2OS. The Kier molecular flexibility index (Phi) is 7.26. The van der Waals surface area contributed by atoms with Gasteiger partial charge in [-0.2, -0.15) is 13.5 Å². The van der Waals surface area contributed by atoms with Crippen LogP contribution in [0.15, 0.2) is 18.2 Å². The van der Waals surface area contributed by atoms with Gasteiger partial charge in [0.25, 0.3) is 0 Å². The average molecular weight is 308 g/mol. The van der Waals surface area contributed by atoms with Crippen LogP contribution in [0.3, 0.4) is 0 Å². The van der Waals surface area contributed by atoms with Gasteiger partial charge in [-0.3, -0.25) is 9.69 Å². The van der Waals surface area contributed by atoms with Gasteiger partial charge in [-0.05, 0) is 57.3 Å². The third kappa shape index (κ3) is 4.48. The van der Waals surface area contributed by atoms with Gasteiger partial charge in [0.2, 0.25) is 5.91 Å². The largest absolute Gasteiger partial charge is 0.324 e. The normalized spacial score (nSPS) is 18.9. The first-order valence-electron chi connectivity index (χ1n) is 7.74. The number of amides is 1. The first-order chi connectivity index (χ1) is 9.63. The second kappa shape index (κ2) is 8.44. The van der Waals surface area contributed by atoms with Gasteiger partial charge in [0.05, 0.1) is 6.04 Å². The lowest BCUT2D eigenvalue weighted by Crippen LogP contribution is -2.47. The molecule has 21 heavy (non-hydrogen) atoms. The Morgan fingerprint density at radius 1 is 1.29 bits per heavy atom. The highest BCUT2D eigenvalue weighted by atomic mass is 32.1. The molecule has 0 radical (unpaired) electrons. The summed E-state index contributed by atoms with van der Waals surface area (Å²) in [5, 5.41) is 3.16. The van der Waals surface area contributed by atoms with Gasteiger partial charge in [0.1, 0.15) is 0 Å². The summed E-state index contributed by atoms with van der Waals surface area (Å²) < 4.78 is 0. The zero-order chi connectivity index (χ0) is 14.5. The molecule has 4 heteroatoms. The Labute approximate surface area is 135 Å². The van der Waals surface area contributed by atoms with E-state index in [-0.39, 0.29) is 25.4 Å². The van der Waals surface area contributed by atoms with Crippen LogP contribution in [-0.2, 0) is 4.79 Å². The molecule has 1 N–H and O–H groups in total. The number of hydrogen-bond donors (Lipinski definition) is 1. The molecule has 1 atom stereocenters. The van der Waals surface area contributed by atoms with Crippen molar-refractivity contribution in [3.05, 3.63) is 29.3 Å². The smallest absolute Gasteiger partial charge is 0.241 e. The van der Waals surface area contributed by atoms with Crippen molar-refractivity contribution in [3.8, 4) is 0 Å². The van der Waals surface area contributed by atoms with Crippen molar-refractivity contribution in [2.24, 2.45) is 0 Å². The van der Waals surface area contributed by atoms with Crippen molar-refractivity contribution in [1.29, 1.82) is 0 Å². The molecule has 0 aliphatic carbocycles. The summed E-state index contributed by atoms with van der Waals surface area (Å²) in [6, 6.07) is 6.17. The highest BCUT2D eigenvalue weighted by molar-refractivity contribution is 7.59. The van der Waals surface area contributed by atoms with Crippen LogP contribution in [0.4, 0.5) is 5.69 Å². The highest BCUT2D eigenvalue weighted by Crippen LogP contribution is 2.23. The maximum absolute atomic E-state index is 12.6. The van der Waals surface area contributed by atoms with E-state index in [1.165, 1.54) is 6.42 Å². The number of hydrogen-bond acceptors (Lipinski definition) is 2. The first-order valence-corrected chi connectivity index (χ1v) is 7.74. The first kappa shape index (κ1) is 18.1. The lowest BCUT2D eigenvalue weighted by molar-refractivity contribution is -0.122. The third-order valence-corrected chi connectivity index (χ3v) is 4.16. The number of carbonyl (C=O) groups excluding carboxylic acids is 1. The van der Waals surface area contributed by atoms with Gasteiger partial charge in [-0.25, -0.2) is 0 Å². The Hall–Kier alpha value is -1.00. The SMILES string of the molecule is CCCN1CCCCC1C(=O)Nc1c(C)cccc1C.S. The molecule has 3 nitrogen and oxygen atoms in total. The van der Waals surface area contributed by atoms with E-state index in [1.54, 1.807) is 0 Å². The Morgan fingerprint density at radius 2 is 1.95 bits per heavy atom. The van der Waals surface area contributed by atoms with E-state index in [1.807, 2.05) is 32.0 Å². The molecule has 1 amide bonds. The van der Waals surface area contributed by atoms with Crippen molar-refractivity contribution < 1.29 is 4.79 Å². The monoisotopic (exact) mass is 308 g/mol. The maximum Gasteiger partial charge on any atom is 0.241 e. The molecule has 1 fully saturated rings. The zero-order valence-corrected chi connectivity index (χ0v) is 14.4. The van der Waals surface area contributed by atoms with Crippen molar-refractivity contribution in [3.63, 3.8) is 0 Å². The number of carbonyl (C=O) groups is 1. The summed E-state index contributed by atoms with van der Waals surface area (Å²) in [6.45, 7) is 8.35. The van der Waals surface area contributed by atoms with Crippen LogP contribution in [0.1, 0.15) is 43.7 Å². The fourth-order valence-corrected chi connectivity index (χ4v) is 3.06. The summed E-state index contributed by atoms with van der Waals surface area (Å²) >= 11 is 0. The molecule has 1 aromatic rings. The Morgan fingerprint density at radius 3 is 2.57 bits per heavy atom. The number of anilines is 1. The van der Waals surface area contributed by atoms with E-state index >= 15 is 0 Å². The molecule has 2 rings (SSSR count). The van der Waals surface area contributed by atoms with Crippen molar-refractivity contribution in [2.75, 3.05) is 18.4 Å². The third-order valence-electron chi connectivity index (χ3n) is 4.16. The predicted octanol–water partition coefficient (Wildman–Crippen LogP) is 3.62. The predicted molar refractivity (Wildman–Crippen MR) is 94.4 cm³/mol. The van der Waals surface area contributed by atoms with E-state index in [0.29, 0.717) is 0 Å². The van der Waals surface area contributed by atoms with Crippen LogP contribution in [0, 0.1) is 13.8 Å². The second-order valence-electron chi connectivity index (χ2n) is 5.80. The van der Waals surface area contributed by atoms with Crippen molar-refractivity contribution in [2.45, 2.75) is 52.5 Å². The van der Waals surface area contributed by atoms with Gasteiger partial charge in [0.15, 0.2) is 0 Å². The van der Waals surface area contributed by atoms with E-state index in [4.69, 9.17) is 0 Å². The quantitative estimate of drug-likeness (QED) is 0.921. The molecule has 1 aromatic carbocycles. The second-order valence-corrected chi connectivity index (χ2v) is 5.80. The summed E-state index contributed by atoms with van der Waals surface area (Å²) in [5.74, 6) is 0.163. The highest BCUT2D eigenvalue weighted by Gasteiger charge is 2.28. The van der Waals surface area contributed by atoms with Gasteiger partial charge in [0, 0.05) is 5.69 Å². The molecule has 1 aliphatic heterocycles. The standard InChI is InChI=1S/C17H26N2O.H2S/c1-4-11-19-12-6-5-10-15(19)17(20)18-16-13(2)8-7-9-14(16)3;/h7-9,15H,4-6,10-12H2,1-3H3,(H,18,20);1H2. The van der Waals surface area contributed by atoms with Gasteiger partial charge < -0.3 is 5.32 Å². The molecular weight excluding hydrogens is 280 g/mol. The summed E-state index contributed by atoms with van der Waals surface area (Å²) in [7, 11) is 0. The van der Waals surface area contributed by atoms with Gasteiger partial charge in [-0.15, -0.1) is 0 Å². The lowest BCUT2D eigenvalue weighted by atomic mass is 10.0. The van der Waals surface area contributed by atoms with E-state index < -0.39 is 0 Å². The van der Waals surface area contributed by atoms with Crippen LogP contribution in [0.2, 0.25) is 0 Å². The molecule has 1 unspecified atom stereocenters. The average Bonchev–Trinajstić information content (AvgIpc) is 2.44. The molecule has 0 bridgehead atoms. The van der Waals surface area contributed by atoms with Crippen molar-refractivity contribution in [1.82, 2.24) is 4.90 Å². The van der Waals surface area contributed by atoms with Crippen LogP contribution >= 0.6 is 13.5 Å². The van der Waals surface area contributed by atoms with Gasteiger partial charge in [-0.1, -0.05) is 31.5 Å². The molecule has 118 valence electrons. The van der Waals surface area contributed by atoms with E-state index in [2.05, 4.69) is 17.1 Å². The summed E-state index contributed by atoms with van der Waals surface area (Å²) in [4.78, 5) is 14.9. The minimum Gasteiger partial charge on any atom is -0.324 e. The van der Waals surface area contributed by atoms with Crippen LogP contribution in [0.5, 0.6) is 0 Å². The fraction of sp³-hybridized carbons (Fsp3) is 0.588.